The average molecular weight is 265 g/mol. The third kappa shape index (κ3) is 4.71. The average Bonchev–Trinajstić information content (AvgIpc) is 2.36. The number of ether oxygens (including phenoxy) is 1. The zero-order valence-electron chi connectivity index (χ0n) is 11.3. The lowest BCUT2D eigenvalue weighted by Gasteiger charge is -2.23. The Balaban J connectivity index is 2.76. The van der Waals surface area contributed by atoms with E-state index in [1.807, 2.05) is 0 Å². The van der Waals surface area contributed by atoms with E-state index in [1.54, 1.807) is 44.2 Å². The van der Waals surface area contributed by atoms with Gasteiger partial charge in [-0.3, -0.25) is 4.79 Å². The molecule has 5 nitrogen and oxygen atoms in total. The molecular weight excluding hydrogens is 246 g/mol. The van der Waals surface area contributed by atoms with Crippen LogP contribution >= 0.6 is 0 Å². The molecule has 1 aromatic rings. The predicted molar refractivity (Wildman–Crippen MR) is 70.7 cm³/mol. The fourth-order valence-electron chi connectivity index (χ4n) is 1.60. The van der Waals surface area contributed by atoms with Crippen molar-refractivity contribution in [3.63, 3.8) is 0 Å². The van der Waals surface area contributed by atoms with Crippen LogP contribution in [0.1, 0.15) is 31.9 Å². The Morgan fingerprint density at radius 1 is 1.32 bits per heavy atom. The van der Waals surface area contributed by atoms with E-state index in [0.29, 0.717) is 5.56 Å². The number of methoxy groups -OCH3 is 1. The first-order valence-corrected chi connectivity index (χ1v) is 5.98. The minimum absolute atomic E-state index is 0.0973. The minimum atomic E-state index is -1.09. The summed E-state index contributed by atoms with van der Waals surface area (Å²) < 4.78 is 5.15. The maximum absolute atomic E-state index is 11.9. The van der Waals surface area contributed by atoms with E-state index >= 15 is 0 Å². The number of aliphatic carboxylic acids is 1. The highest BCUT2D eigenvalue weighted by atomic mass is 16.5. The quantitative estimate of drug-likeness (QED) is 0.821. The molecule has 1 amide bonds. The molecule has 0 bridgehead atoms. The first kappa shape index (κ1) is 15.2. The van der Waals surface area contributed by atoms with E-state index in [1.165, 1.54) is 7.11 Å². The van der Waals surface area contributed by atoms with Crippen molar-refractivity contribution in [2.24, 2.45) is 0 Å². The Hall–Kier alpha value is -1.88. The molecule has 0 fully saturated rings. The molecule has 1 unspecified atom stereocenters. The molecule has 0 saturated carbocycles. The third-order valence-electron chi connectivity index (χ3n) is 2.82. The maximum Gasteiger partial charge on any atom is 0.330 e. The molecule has 2 N–H and O–H groups in total. The lowest BCUT2D eigenvalue weighted by molar-refractivity contribution is -0.143. The van der Waals surface area contributed by atoms with Gasteiger partial charge in [-0.05, 0) is 19.4 Å². The van der Waals surface area contributed by atoms with Crippen molar-refractivity contribution in [1.82, 2.24) is 5.32 Å². The zero-order valence-corrected chi connectivity index (χ0v) is 11.3. The zero-order chi connectivity index (χ0) is 14.5. The van der Waals surface area contributed by atoms with Crippen molar-refractivity contribution in [3.05, 3.63) is 35.9 Å². The fourth-order valence-corrected chi connectivity index (χ4v) is 1.60. The number of carboxylic acid groups (broad SMARTS) is 1. The van der Waals surface area contributed by atoms with Gasteiger partial charge in [0.1, 0.15) is 0 Å². The molecule has 0 aliphatic carbocycles. The summed E-state index contributed by atoms with van der Waals surface area (Å²) in [6.45, 7) is 3.54. The van der Waals surface area contributed by atoms with Crippen molar-refractivity contribution >= 4 is 11.9 Å². The molecule has 5 heteroatoms. The third-order valence-corrected chi connectivity index (χ3v) is 2.82. The number of carboxylic acids is 1. The minimum Gasteiger partial charge on any atom is -0.479 e. The second kappa shape index (κ2) is 6.33. The lowest BCUT2D eigenvalue weighted by Crippen LogP contribution is -2.38. The Morgan fingerprint density at radius 3 is 2.37 bits per heavy atom. The molecule has 1 atom stereocenters. The van der Waals surface area contributed by atoms with Crippen LogP contribution in [0.5, 0.6) is 0 Å². The molecule has 0 saturated heterocycles. The highest BCUT2D eigenvalue weighted by Crippen LogP contribution is 2.16. The second-order valence-electron chi connectivity index (χ2n) is 4.89. The molecule has 0 spiro atoms. The Bertz CT molecular complexity index is 442. The number of nitrogens with one attached hydrogen (secondary N) is 1. The highest BCUT2D eigenvalue weighted by Gasteiger charge is 2.26. The summed E-state index contributed by atoms with van der Waals surface area (Å²) in [7, 11) is 1.51. The van der Waals surface area contributed by atoms with E-state index in [-0.39, 0.29) is 12.3 Å². The van der Waals surface area contributed by atoms with Crippen molar-refractivity contribution < 1.29 is 19.4 Å². The number of hydrogen-bond acceptors (Lipinski definition) is 3. The van der Waals surface area contributed by atoms with E-state index in [2.05, 4.69) is 5.32 Å². The predicted octanol–water partition coefficient (Wildman–Crippen LogP) is 1.74. The molecule has 0 aliphatic heterocycles. The number of benzene rings is 1. The first-order chi connectivity index (χ1) is 8.85. The smallest absolute Gasteiger partial charge is 0.330 e. The highest BCUT2D eigenvalue weighted by molar-refractivity contribution is 5.85. The van der Waals surface area contributed by atoms with Crippen molar-refractivity contribution in [2.45, 2.75) is 31.9 Å². The van der Waals surface area contributed by atoms with Gasteiger partial charge in [-0.25, -0.2) is 4.79 Å². The van der Waals surface area contributed by atoms with Crippen LogP contribution in [0.3, 0.4) is 0 Å². The SMILES string of the molecule is COC(C)(C)CC(=O)NC(C(=O)O)c1ccccc1. The van der Waals surface area contributed by atoms with E-state index in [0.717, 1.165) is 0 Å². The molecule has 1 aromatic carbocycles. The first-order valence-electron chi connectivity index (χ1n) is 5.98. The Morgan fingerprint density at radius 2 is 1.89 bits per heavy atom. The summed E-state index contributed by atoms with van der Waals surface area (Å²) in [5.74, 6) is -1.45. The summed E-state index contributed by atoms with van der Waals surface area (Å²) in [6, 6.07) is 7.55. The van der Waals surface area contributed by atoms with Crippen molar-refractivity contribution in [2.75, 3.05) is 7.11 Å². The van der Waals surface area contributed by atoms with Crippen LogP contribution in [0.4, 0.5) is 0 Å². The van der Waals surface area contributed by atoms with Crippen LogP contribution in [0.15, 0.2) is 30.3 Å². The Labute approximate surface area is 112 Å². The van der Waals surface area contributed by atoms with Gasteiger partial charge in [0, 0.05) is 7.11 Å². The molecule has 0 heterocycles. The van der Waals surface area contributed by atoms with Crippen LogP contribution in [0.2, 0.25) is 0 Å². The van der Waals surface area contributed by atoms with Crippen LogP contribution in [0.25, 0.3) is 0 Å². The number of rotatable bonds is 6. The maximum atomic E-state index is 11.9. The molecule has 0 aliphatic rings. The van der Waals surface area contributed by atoms with Crippen molar-refractivity contribution in [3.8, 4) is 0 Å². The van der Waals surface area contributed by atoms with Gasteiger partial charge in [0.25, 0.3) is 0 Å². The van der Waals surface area contributed by atoms with Gasteiger partial charge in [0.2, 0.25) is 5.91 Å². The molecule has 19 heavy (non-hydrogen) atoms. The summed E-state index contributed by atoms with van der Waals surface area (Å²) in [6.07, 6.45) is 0.0973. The van der Waals surface area contributed by atoms with Gasteiger partial charge in [-0.15, -0.1) is 0 Å². The standard InChI is InChI=1S/C14H19NO4/c1-14(2,19-3)9-11(16)15-12(13(17)18)10-7-5-4-6-8-10/h4-8,12H,9H2,1-3H3,(H,15,16)(H,17,18). The number of carbonyl (C=O) groups is 2. The van der Waals surface area contributed by atoms with Crippen LogP contribution in [0, 0.1) is 0 Å². The second-order valence-corrected chi connectivity index (χ2v) is 4.89. The molecule has 0 radical (unpaired) electrons. The topological polar surface area (TPSA) is 75.6 Å². The fraction of sp³-hybridized carbons (Fsp3) is 0.429. The van der Waals surface area contributed by atoms with E-state index in [4.69, 9.17) is 4.74 Å². The molecular formula is C14H19NO4. The summed E-state index contributed by atoms with van der Waals surface area (Å²) in [4.78, 5) is 23.1. The van der Waals surface area contributed by atoms with E-state index in [9.17, 15) is 14.7 Å². The van der Waals surface area contributed by atoms with Gasteiger partial charge in [-0.2, -0.15) is 0 Å². The van der Waals surface area contributed by atoms with Crippen LogP contribution in [-0.2, 0) is 14.3 Å². The monoisotopic (exact) mass is 265 g/mol. The van der Waals surface area contributed by atoms with Gasteiger partial charge in [0.05, 0.1) is 12.0 Å². The summed E-state index contributed by atoms with van der Waals surface area (Å²) in [5.41, 5.74) is -0.0809. The van der Waals surface area contributed by atoms with Gasteiger partial charge in [0.15, 0.2) is 6.04 Å². The summed E-state index contributed by atoms with van der Waals surface area (Å²) >= 11 is 0. The summed E-state index contributed by atoms with van der Waals surface area (Å²) in [5, 5.41) is 11.7. The number of carbonyl (C=O) groups excluding carboxylic acids is 1. The molecule has 104 valence electrons. The lowest BCUT2D eigenvalue weighted by atomic mass is 10.0. The normalized spacial score (nSPS) is 12.8. The molecule has 1 rings (SSSR count). The van der Waals surface area contributed by atoms with Crippen LogP contribution < -0.4 is 5.32 Å². The van der Waals surface area contributed by atoms with Gasteiger partial charge >= 0.3 is 5.97 Å². The number of hydrogen-bond donors (Lipinski definition) is 2. The van der Waals surface area contributed by atoms with Crippen molar-refractivity contribution in [1.29, 1.82) is 0 Å². The largest absolute Gasteiger partial charge is 0.479 e. The van der Waals surface area contributed by atoms with Gasteiger partial charge < -0.3 is 15.2 Å². The Kier molecular flexibility index (Phi) is 5.06. The van der Waals surface area contributed by atoms with Gasteiger partial charge in [-0.1, -0.05) is 30.3 Å². The van der Waals surface area contributed by atoms with E-state index < -0.39 is 17.6 Å². The number of amides is 1. The van der Waals surface area contributed by atoms with Crippen LogP contribution in [-0.4, -0.2) is 29.7 Å². The molecule has 0 aromatic heterocycles.